The molecule has 0 atom stereocenters. The quantitative estimate of drug-likeness (QED) is 0.344. The molecule has 8 heteroatoms. The van der Waals surface area contributed by atoms with Crippen LogP contribution < -0.4 is 11.1 Å². The lowest BCUT2D eigenvalue weighted by molar-refractivity contribution is -0.384. The third-order valence-electron chi connectivity index (χ3n) is 2.45. The van der Waals surface area contributed by atoms with Crippen molar-refractivity contribution in [2.75, 3.05) is 5.32 Å². The van der Waals surface area contributed by atoms with Gasteiger partial charge in [-0.05, 0) is 12.5 Å². The zero-order valence-corrected chi connectivity index (χ0v) is 10.8. The molecular formula is C11H11N5O2S. The summed E-state index contributed by atoms with van der Waals surface area (Å²) < 4.78 is 0. The Balaban J connectivity index is 2.40. The summed E-state index contributed by atoms with van der Waals surface area (Å²) in [5.41, 5.74) is 7.45. The fraction of sp³-hybridized carbons (Fsp3) is 0.0909. The SMILES string of the molecule is Cc1ccc([N+](=O)[O-])cc1-c1csc(NC(=N)N)n1. The molecule has 1 aromatic heterocycles. The van der Waals surface area contributed by atoms with Crippen molar-refractivity contribution in [3.05, 3.63) is 39.3 Å². The third kappa shape index (κ3) is 2.86. The number of hydrogen-bond acceptors (Lipinski definition) is 5. The smallest absolute Gasteiger partial charge is 0.270 e. The lowest BCUT2D eigenvalue weighted by Crippen LogP contribution is -2.20. The van der Waals surface area contributed by atoms with E-state index < -0.39 is 4.92 Å². The van der Waals surface area contributed by atoms with Crippen molar-refractivity contribution < 1.29 is 4.92 Å². The molecule has 0 bridgehead atoms. The first-order valence-electron chi connectivity index (χ1n) is 5.29. The minimum absolute atomic E-state index is 0.0228. The molecule has 1 aromatic carbocycles. The molecular weight excluding hydrogens is 266 g/mol. The van der Waals surface area contributed by atoms with Gasteiger partial charge in [0.15, 0.2) is 11.1 Å². The Morgan fingerprint density at radius 2 is 2.32 bits per heavy atom. The number of non-ortho nitro benzene ring substituents is 1. The van der Waals surface area contributed by atoms with Crippen LogP contribution in [0.25, 0.3) is 11.3 Å². The minimum atomic E-state index is -0.440. The van der Waals surface area contributed by atoms with Crippen molar-refractivity contribution in [1.82, 2.24) is 4.98 Å². The van der Waals surface area contributed by atoms with Crippen molar-refractivity contribution in [3.63, 3.8) is 0 Å². The number of thiazole rings is 1. The Kier molecular flexibility index (Phi) is 3.43. The highest BCUT2D eigenvalue weighted by Crippen LogP contribution is 2.30. The van der Waals surface area contributed by atoms with Crippen LogP contribution in [0.2, 0.25) is 0 Å². The third-order valence-corrected chi connectivity index (χ3v) is 3.21. The molecule has 7 nitrogen and oxygen atoms in total. The van der Waals surface area contributed by atoms with Crippen LogP contribution in [0.5, 0.6) is 0 Å². The summed E-state index contributed by atoms with van der Waals surface area (Å²) in [6, 6.07) is 4.63. The van der Waals surface area contributed by atoms with E-state index in [4.69, 9.17) is 11.1 Å². The molecule has 2 aromatic rings. The van der Waals surface area contributed by atoms with Gasteiger partial charge in [-0.1, -0.05) is 6.07 Å². The Hall–Kier alpha value is -2.48. The van der Waals surface area contributed by atoms with Crippen LogP contribution in [0, 0.1) is 22.4 Å². The van der Waals surface area contributed by atoms with Crippen molar-refractivity contribution in [2.45, 2.75) is 6.92 Å². The van der Waals surface area contributed by atoms with Gasteiger partial charge in [0, 0.05) is 23.1 Å². The molecule has 0 aliphatic carbocycles. The van der Waals surface area contributed by atoms with Crippen LogP contribution in [-0.4, -0.2) is 15.9 Å². The Labute approximate surface area is 112 Å². The number of aryl methyl sites for hydroxylation is 1. The monoisotopic (exact) mass is 277 g/mol. The number of anilines is 1. The van der Waals surface area contributed by atoms with Crippen molar-refractivity contribution in [1.29, 1.82) is 5.41 Å². The van der Waals surface area contributed by atoms with Gasteiger partial charge in [-0.2, -0.15) is 0 Å². The van der Waals surface area contributed by atoms with Gasteiger partial charge >= 0.3 is 0 Å². The van der Waals surface area contributed by atoms with Crippen molar-refractivity contribution in [3.8, 4) is 11.3 Å². The number of nitrogens with zero attached hydrogens (tertiary/aromatic N) is 2. The summed E-state index contributed by atoms with van der Waals surface area (Å²) in [5, 5.41) is 22.7. The van der Waals surface area contributed by atoms with Crippen molar-refractivity contribution in [2.24, 2.45) is 5.73 Å². The van der Waals surface area contributed by atoms with Crippen LogP contribution in [-0.2, 0) is 0 Å². The Morgan fingerprint density at radius 1 is 1.58 bits per heavy atom. The van der Waals surface area contributed by atoms with Gasteiger partial charge in [-0.15, -0.1) is 11.3 Å². The van der Waals surface area contributed by atoms with Gasteiger partial charge in [0.05, 0.1) is 10.6 Å². The molecule has 0 saturated carbocycles. The van der Waals surface area contributed by atoms with E-state index in [-0.39, 0.29) is 11.6 Å². The van der Waals surface area contributed by atoms with E-state index in [2.05, 4.69) is 10.3 Å². The fourth-order valence-corrected chi connectivity index (χ4v) is 2.29. The first kappa shape index (κ1) is 13.0. The van der Waals surface area contributed by atoms with Crippen LogP contribution in [0.3, 0.4) is 0 Å². The van der Waals surface area contributed by atoms with E-state index in [1.807, 2.05) is 6.92 Å². The zero-order chi connectivity index (χ0) is 14.0. The number of nitrogens with two attached hydrogens (primary N) is 1. The number of nitro groups is 1. The van der Waals surface area contributed by atoms with E-state index in [1.165, 1.54) is 23.5 Å². The number of rotatable bonds is 3. The Bertz CT molecular complexity index is 652. The topological polar surface area (TPSA) is 118 Å². The Morgan fingerprint density at radius 3 is 2.95 bits per heavy atom. The molecule has 0 unspecified atom stereocenters. The van der Waals surface area contributed by atoms with E-state index in [1.54, 1.807) is 11.4 Å². The van der Waals surface area contributed by atoms with Gasteiger partial charge < -0.3 is 11.1 Å². The van der Waals surface area contributed by atoms with Crippen LogP contribution >= 0.6 is 11.3 Å². The summed E-state index contributed by atoms with van der Waals surface area (Å²) in [5.74, 6) is -0.198. The van der Waals surface area contributed by atoms with E-state index in [9.17, 15) is 10.1 Å². The summed E-state index contributed by atoms with van der Waals surface area (Å²) in [7, 11) is 0. The molecule has 0 saturated heterocycles. The van der Waals surface area contributed by atoms with Gasteiger partial charge in [-0.25, -0.2) is 4.98 Å². The summed E-state index contributed by atoms with van der Waals surface area (Å²) >= 11 is 1.28. The van der Waals surface area contributed by atoms with E-state index in [0.29, 0.717) is 16.4 Å². The summed E-state index contributed by atoms with van der Waals surface area (Å²) in [6.45, 7) is 1.86. The molecule has 98 valence electrons. The standard InChI is InChI=1S/C11H11N5O2S/c1-6-2-3-7(16(17)18)4-8(6)9-5-19-11(14-9)15-10(12)13/h2-5H,1H3,(H4,12,13,14,15). The normalized spacial score (nSPS) is 10.2. The molecule has 0 fully saturated rings. The number of guanidine groups is 1. The average molecular weight is 277 g/mol. The highest BCUT2D eigenvalue weighted by atomic mass is 32.1. The fourth-order valence-electron chi connectivity index (χ4n) is 1.57. The lowest BCUT2D eigenvalue weighted by atomic mass is 10.1. The average Bonchev–Trinajstić information content (AvgIpc) is 2.76. The predicted octanol–water partition coefficient (Wildman–Crippen LogP) is 2.33. The maximum atomic E-state index is 10.8. The van der Waals surface area contributed by atoms with Gasteiger partial charge in [-0.3, -0.25) is 15.5 Å². The molecule has 1 heterocycles. The van der Waals surface area contributed by atoms with Gasteiger partial charge in [0.1, 0.15) is 0 Å². The summed E-state index contributed by atoms with van der Waals surface area (Å²) in [4.78, 5) is 14.6. The second-order valence-corrected chi connectivity index (χ2v) is 4.69. The highest BCUT2D eigenvalue weighted by molar-refractivity contribution is 7.14. The second-order valence-electron chi connectivity index (χ2n) is 3.83. The molecule has 2 rings (SSSR count). The molecule has 0 aliphatic rings. The maximum absolute atomic E-state index is 10.8. The number of hydrogen-bond donors (Lipinski definition) is 3. The van der Waals surface area contributed by atoms with Crippen molar-refractivity contribution >= 4 is 28.1 Å². The van der Waals surface area contributed by atoms with Gasteiger partial charge in [0.25, 0.3) is 5.69 Å². The number of nitro benzene ring substituents is 1. The van der Waals surface area contributed by atoms with E-state index in [0.717, 1.165) is 5.56 Å². The van der Waals surface area contributed by atoms with Crippen LogP contribution in [0.1, 0.15) is 5.56 Å². The minimum Gasteiger partial charge on any atom is -0.370 e. The van der Waals surface area contributed by atoms with Gasteiger partial charge in [0.2, 0.25) is 0 Å². The second kappa shape index (κ2) is 5.02. The van der Waals surface area contributed by atoms with Crippen LogP contribution in [0.15, 0.2) is 23.6 Å². The number of nitrogens with one attached hydrogen (secondary N) is 2. The molecule has 0 spiro atoms. The first-order valence-corrected chi connectivity index (χ1v) is 6.17. The molecule has 4 N–H and O–H groups in total. The number of benzene rings is 1. The molecule has 0 aliphatic heterocycles. The molecule has 0 amide bonds. The van der Waals surface area contributed by atoms with E-state index >= 15 is 0 Å². The molecule has 0 radical (unpaired) electrons. The first-order chi connectivity index (χ1) is 8.97. The lowest BCUT2D eigenvalue weighted by Gasteiger charge is -2.02. The maximum Gasteiger partial charge on any atom is 0.270 e. The summed E-state index contributed by atoms with van der Waals surface area (Å²) in [6.07, 6.45) is 0. The molecule has 19 heavy (non-hydrogen) atoms. The largest absolute Gasteiger partial charge is 0.370 e. The van der Waals surface area contributed by atoms with Crippen LogP contribution in [0.4, 0.5) is 10.8 Å². The zero-order valence-electron chi connectivity index (χ0n) is 10.0. The highest BCUT2D eigenvalue weighted by Gasteiger charge is 2.12. The number of aromatic nitrogens is 1. The predicted molar refractivity (Wildman–Crippen MR) is 74.5 cm³/mol.